The molecule has 33 heavy (non-hydrogen) atoms. The van der Waals surface area contributed by atoms with Crippen LogP contribution in [0.2, 0.25) is 0 Å². The Bertz CT molecular complexity index is 1040. The van der Waals surface area contributed by atoms with E-state index in [2.05, 4.69) is 34.5 Å². The minimum Gasteiger partial charge on any atom is -0.339 e. The number of thiophene rings is 1. The Balaban J connectivity index is 1.34. The maximum atomic E-state index is 13.4. The van der Waals surface area contributed by atoms with E-state index >= 15 is 0 Å². The van der Waals surface area contributed by atoms with Crippen LogP contribution in [0.4, 0.5) is 0 Å². The van der Waals surface area contributed by atoms with Gasteiger partial charge in [-0.15, -0.1) is 11.3 Å². The summed E-state index contributed by atoms with van der Waals surface area (Å²) in [5, 5.41) is 4.85. The SMILES string of the molecule is O=C(NC(Cc1ccccc1)C(=O)N1CCN(C/C=C/c2ccccc2)CC1)c1cccs1. The van der Waals surface area contributed by atoms with E-state index in [1.54, 1.807) is 6.07 Å². The molecule has 4 rings (SSSR count). The van der Waals surface area contributed by atoms with E-state index in [1.807, 2.05) is 64.9 Å². The molecule has 2 heterocycles. The smallest absolute Gasteiger partial charge is 0.262 e. The maximum absolute atomic E-state index is 13.4. The largest absolute Gasteiger partial charge is 0.339 e. The number of carbonyl (C=O) groups is 2. The van der Waals surface area contributed by atoms with Crippen LogP contribution >= 0.6 is 11.3 Å². The van der Waals surface area contributed by atoms with Gasteiger partial charge < -0.3 is 10.2 Å². The molecule has 0 bridgehead atoms. The van der Waals surface area contributed by atoms with Gasteiger partial charge >= 0.3 is 0 Å². The highest BCUT2D eigenvalue weighted by molar-refractivity contribution is 7.12. The minimum atomic E-state index is -0.577. The number of carbonyl (C=O) groups excluding carboxylic acids is 2. The number of hydrogen-bond acceptors (Lipinski definition) is 4. The summed E-state index contributed by atoms with van der Waals surface area (Å²) in [5.74, 6) is -0.202. The average molecular weight is 460 g/mol. The van der Waals surface area contributed by atoms with E-state index in [1.165, 1.54) is 16.9 Å². The molecule has 1 fully saturated rings. The lowest BCUT2D eigenvalue weighted by molar-refractivity contribution is -0.134. The van der Waals surface area contributed by atoms with Crippen LogP contribution < -0.4 is 5.32 Å². The average Bonchev–Trinajstić information content (AvgIpc) is 3.40. The van der Waals surface area contributed by atoms with Crippen molar-refractivity contribution in [2.45, 2.75) is 12.5 Å². The second-order valence-electron chi connectivity index (χ2n) is 8.13. The predicted octanol–water partition coefficient (Wildman–Crippen LogP) is 3.95. The van der Waals surface area contributed by atoms with E-state index in [9.17, 15) is 9.59 Å². The summed E-state index contributed by atoms with van der Waals surface area (Å²) in [6, 6.07) is 23.2. The van der Waals surface area contributed by atoms with Crippen molar-refractivity contribution in [3.63, 3.8) is 0 Å². The van der Waals surface area contributed by atoms with Crippen LogP contribution in [0.5, 0.6) is 0 Å². The lowest BCUT2D eigenvalue weighted by Crippen LogP contribution is -2.55. The van der Waals surface area contributed by atoms with Gasteiger partial charge in [0.25, 0.3) is 5.91 Å². The van der Waals surface area contributed by atoms with Crippen LogP contribution in [0.1, 0.15) is 20.8 Å². The van der Waals surface area contributed by atoms with Crippen LogP contribution in [0.15, 0.2) is 84.3 Å². The van der Waals surface area contributed by atoms with Gasteiger partial charge in [-0.2, -0.15) is 0 Å². The molecular weight excluding hydrogens is 430 g/mol. The van der Waals surface area contributed by atoms with E-state index in [-0.39, 0.29) is 11.8 Å². The van der Waals surface area contributed by atoms with Gasteiger partial charge in [-0.1, -0.05) is 78.9 Å². The fraction of sp³-hybridized carbons (Fsp3) is 0.259. The van der Waals surface area contributed by atoms with Crippen molar-refractivity contribution in [3.8, 4) is 0 Å². The number of rotatable bonds is 8. The third-order valence-corrected chi connectivity index (χ3v) is 6.66. The molecule has 2 amide bonds. The molecule has 3 aromatic rings. The Hall–Kier alpha value is -3.22. The lowest BCUT2D eigenvalue weighted by Gasteiger charge is -2.36. The summed E-state index contributed by atoms with van der Waals surface area (Å²) < 4.78 is 0. The normalized spacial score (nSPS) is 15.5. The summed E-state index contributed by atoms with van der Waals surface area (Å²) in [6.07, 6.45) is 4.79. The monoisotopic (exact) mass is 459 g/mol. The third kappa shape index (κ3) is 6.63. The van der Waals surface area contributed by atoms with E-state index in [0.29, 0.717) is 24.4 Å². The molecule has 1 aliphatic heterocycles. The van der Waals surface area contributed by atoms with Gasteiger partial charge in [0.1, 0.15) is 6.04 Å². The second kappa shape index (κ2) is 11.6. The summed E-state index contributed by atoms with van der Waals surface area (Å²) in [4.78, 5) is 30.9. The standard InChI is InChI=1S/C27H29N3O2S/c31-26(25-14-8-20-33-25)28-24(21-23-11-5-2-6-12-23)27(32)30-18-16-29(17-19-30)15-7-13-22-9-3-1-4-10-22/h1-14,20,24H,15-19,21H2,(H,28,31)/b13-7+. The molecular formula is C27H29N3O2S. The van der Waals surface area contributed by atoms with Crippen LogP contribution in [0, 0.1) is 0 Å². The second-order valence-corrected chi connectivity index (χ2v) is 9.08. The van der Waals surface area contributed by atoms with E-state index < -0.39 is 6.04 Å². The molecule has 5 nitrogen and oxygen atoms in total. The molecule has 1 atom stereocenters. The summed E-state index contributed by atoms with van der Waals surface area (Å²) in [6.45, 7) is 3.83. The molecule has 1 unspecified atom stereocenters. The Labute approximate surface area is 199 Å². The summed E-state index contributed by atoms with van der Waals surface area (Å²) in [5.41, 5.74) is 2.23. The van der Waals surface area contributed by atoms with Crippen molar-refractivity contribution in [2.24, 2.45) is 0 Å². The first kappa shape index (κ1) is 23.0. The van der Waals surface area contributed by atoms with Crippen molar-refractivity contribution in [3.05, 3.63) is 100 Å². The van der Waals surface area contributed by atoms with Gasteiger partial charge in [-0.25, -0.2) is 0 Å². The van der Waals surface area contributed by atoms with Gasteiger partial charge in [0.05, 0.1) is 4.88 Å². The highest BCUT2D eigenvalue weighted by Crippen LogP contribution is 2.13. The number of hydrogen-bond donors (Lipinski definition) is 1. The number of amides is 2. The van der Waals surface area contributed by atoms with E-state index in [0.717, 1.165) is 25.2 Å². The van der Waals surface area contributed by atoms with Crippen LogP contribution in [-0.4, -0.2) is 60.4 Å². The van der Waals surface area contributed by atoms with Gasteiger partial charge in [-0.3, -0.25) is 14.5 Å². The first-order chi connectivity index (χ1) is 16.2. The lowest BCUT2D eigenvalue weighted by atomic mass is 10.0. The van der Waals surface area contributed by atoms with Gasteiger partial charge in [0.15, 0.2) is 0 Å². The molecule has 0 radical (unpaired) electrons. The Kier molecular flexibility index (Phi) is 8.06. The number of nitrogens with zero attached hydrogens (tertiary/aromatic N) is 2. The van der Waals surface area contributed by atoms with Crippen LogP contribution in [-0.2, 0) is 11.2 Å². The zero-order valence-corrected chi connectivity index (χ0v) is 19.4. The van der Waals surface area contributed by atoms with Gasteiger partial charge in [0, 0.05) is 39.1 Å². The predicted molar refractivity (Wildman–Crippen MR) is 134 cm³/mol. The van der Waals surface area contributed by atoms with Crippen LogP contribution in [0.3, 0.4) is 0 Å². The first-order valence-corrected chi connectivity index (χ1v) is 12.2. The summed E-state index contributed by atoms with van der Waals surface area (Å²) in [7, 11) is 0. The van der Waals surface area contributed by atoms with Crippen molar-refractivity contribution in [1.29, 1.82) is 0 Å². The highest BCUT2D eigenvalue weighted by atomic mass is 32.1. The fourth-order valence-electron chi connectivity index (χ4n) is 3.96. The molecule has 0 saturated carbocycles. The topological polar surface area (TPSA) is 52.7 Å². The Morgan fingerprint density at radius 3 is 2.27 bits per heavy atom. The minimum absolute atomic E-state index is 0.0109. The molecule has 170 valence electrons. The maximum Gasteiger partial charge on any atom is 0.262 e. The molecule has 0 aliphatic carbocycles. The zero-order chi connectivity index (χ0) is 22.9. The van der Waals surface area contributed by atoms with Gasteiger partial charge in [-0.05, 0) is 22.6 Å². The Morgan fingerprint density at radius 2 is 1.61 bits per heavy atom. The molecule has 1 aromatic heterocycles. The van der Waals surface area contributed by atoms with Crippen LogP contribution in [0.25, 0.3) is 6.08 Å². The van der Waals surface area contributed by atoms with Crippen molar-refractivity contribution < 1.29 is 9.59 Å². The molecule has 1 aliphatic rings. The summed E-state index contributed by atoms with van der Waals surface area (Å²) >= 11 is 1.38. The molecule has 6 heteroatoms. The Morgan fingerprint density at radius 1 is 0.909 bits per heavy atom. The van der Waals surface area contributed by atoms with Crippen molar-refractivity contribution in [1.82, 2.24) is 15.1 Å². The first-order valence-electron chi connectivity index (χ1n) is 11.3. The van der Waals surface area contributed by atoms with Crippen molar-refractivity contribution in [2.75, 3.05) is 32.7 Å². The molecule has 2 aromatic carbocycles. The number of benzene rings is 2. The molecule has 1 saturated heterocycles. The van der Waals surface area contributed by atoms with Crippen molar-refractivity contribution >= 4 is 29.2 Å². The van der Waals surface area contributed by atoms with E-state index in [4.69, 9.17) is 0 Å². The number of piperazine rings is 1. The fourth-order valence-corrected chi connectivity index (χ4v) is 4.59. The van der Waals surface area contributed by atoms with Gasteiger partial charge in [0.2, 0.25) is 5.91 Å². The molecule has 1 N–H and O–H groups in total. The highest BCUT2D eigenvalue weighted by Gasteiger charge is 2.29. The third-order valence-electron chi connectivity index (χ3n) is 5.79. The quantitative estimate of drug-likeness (QED) is 0.555. The zero-order valence-electron chi connectivity index (χ0n) is 18.6. The molecule has 0 spiro atoms. The number of nitrogens with one attached hydrogen (secondary N) is 1.